The Hall–Kier alpha value is -2.24. The van der Waals surface area contributed by atoms with Crippen LogP contribution in [0.4, 0.5) is 10.1 Å². The normalized spacial score (nSPS) is 11.8. The third kappa shape index (κ3) is 5.37. The predicted octanol–water partition coefficient (Wildman–Crippen LogP) is 6.03. The highest BCUT2D eigenvalue weighted by Crippen LogP contribution is 2.19. The van der Waals surface area contributed by atoms with Crippen molar-refractivity contribution >= 4 is 34.4 Å². The maximum absolute atomic E-state index is 13.9. The number of hydrogen-bond acceptors (Lipinski definition) is 2. The molecule has 3 aromatic rings. The number of anilines is 1. The molecule has 1 N–H and O–H groups in total. The lowest BCUT2D eigenvalue weighted by Crippen LogP contribution is -2.41. The van der Waals surface area contributed by atoms with Crippen molar-refractivity contribution in [2.45, 2.75) is 32.9 Å². The average molecular weight is 399 g/mol. The van der Waals surface area contributed by atoms with Gasteiger partial charge < -0.3 is 10.2 Å². The zero-order chi connectivity index (χ0) is 19.2. The second-order valence-electron chi connectivity index (χ2n) is 6.64. The molecule has 0 spiro atoms. The van der Waals surface area contributed by atoms with E-state index in [-0.39, 0.29) is 11.9 Å². The first-order valence-corrected chi connectivity index (χ1v) is 10.2. The number of rotatable bonds is 6. The molecule has 0 unspecified atom stereocenters. The van der Waals surface area contributed by atoms with Crippen molar-refractivity contribution in [3.8, 4) is 0 Å². The fourth-order valence-electron chi connectivity index (χ4n) is 2.90. The Morgan fingerprint density at radius 1 is 1.15 bits per heavy atom. The van der Waals surface area contributed by atoms with Crippen LogP contribution in [0, 0.1) is 12.7 Å². The first-order valence-electron chi connectivity index (χ1n) is 8.93. The van der Waals surface area contributed by atoms with Crippen LogP contribution < -0.4 is 5.32 Å². The summed E-state index contributed by atoms with van der Waals surface area (Å²) in [7, 11) is 0. The van der Waals surface area contributed by atoms with Crippen LogP contribution >= 0.6 is 23.6 Å². The minimum Gasteiger partial charge on any atom is -0.342 e. The molecule has 0 saturated heterocycles. The summed E-state index contributed by atoms with van der Waals surface area (Å²) in [5.74, 6) is -0.232. The van der Waals surface area contributed by atoms with Gasteiger partial charge in [0.1, 0.15) is 5.82 Å². The summed E-state index contributed by atoms with van der Waals surface area (Å²) in [6.45, 7) is 4.63. The van der Waals surface area contributed by atoms with Crippen molar-refractivity contribution in [3.63, 3.8) is 0 Å². The third-order valence-electron chi connectivity index (χ3n) is 4.49. The summed E-state index contributed by atoms with van der Waals surface area (Å²) in [5, 5.41) is 5.91. The van der Waals surface area contributed by atoms with Crippen molar-refractivity contribution in [1.29, 1.82) is 0 Å². The van der Waals surface area contributed by atoms with Gasteiger partial charge in [0, 0.05) is 29.6 Å². The SMILES string of the molecule is Cc1ccc(NC(=S)N(Cc2ccccc2)[C@H](C)Cc2cccs2)cc1F. The average Bonchev–Trinajstić information content (AvgIpc) is 3.16. The fraction of sp³-hybridized carbons (Fsp3) is 0.227. The van der Waals surface area contributed by atoms with E-state index in [2.05, 4.69) is 46.8 Å². The highest BCUT2D eigenvalue weighted by atomic mass is 32.1. The Balaban J connectivity index is 1.78. The maximum Gasteiger partial charge on any atom is 0.173 e. The van der Waals surface area contributed by atoms with Crippen LogP contribution in [0.1, 0.15) is 22.9 Å². The lowest BCUT2D eigenvalue weighted by atomic mass is 10.1. The van der Waals surface area contributed by atoms with Gasteiger partial charge in [-0.3, -0.25) is 0 Å². The molecule has 0 saturated carbocycles. The molecule has 0 fully saturated rings. The number of hydrogen-bond donors (Lipinski definition) is 1. The fourth-order valence-corrected chi connectivity index (χ4v) is 4.09. The number of nitrogens with one attached hydrogen (secondary N) is 1. The lowest BCUT2D eigenvalue weighted by molar-refractivity contribution is 0.326. The smallest absolute Gasteiger partial charge is 0.173 e. The van der Waals surface area contributed by atoms with Crippen LogP contribution in [0.3, 0.4) is 0 Å². The van der Waals surface area contributed by atoms with Gasteiger partial charge in [0.15, 0.2) is 5.11 Å². The van der Waals surface area contributed by atoms with E-state index in [1.165, 1.54) is 16.5 Å². The molecule has 2 nitrogen and oxygen atoms in total. The summed E-state index contributed by atoms with van der Waals surface area (Å²) in [4.78, 5) is 3.49. The first-order chi connectivity index (χ1) is 13.0. The Kier molecular flexibility index (Phi) is 6.58. The summed E-state index contributed by atoms with van der Waals surface area (Å²) >= 11 is 7.45. The van der Waals surface area contributed by atoms with Gasteiger partial charge in [0.25, 0.3) is 0 Å². The monoisotopic (exact) mass is 398 g/mol. The Bertz CT molecular complexity index is 879. The molecule has 0 aliphatic carbocycles. The van der Waals surface area contributed by atoms with Gasteiger partial charge >= 0.3 is 0 Å². The molecule has 2 aromatic carbocycles. The van der Waals surface area contributed by atoms with Crippen molar-refractivity contribution < 1.29 is 4.39 Å². The number of benzene rings is 2. The van der Waals surface area contributed by atoms with Crippen molar-refractivity contribution in [2.24, 2.45) is 0 Å². The topological polar surface area (TPSA) is 15.3 Å². The molecule has 0 amide bonds. The Labute approximate surface area is 169 Å². The number of thiocarbonyl (C=S) groups is 1. The molecule has 0 aliphatic heterocycles. The number of nitrogens with zero attached hydrogens (tertiary/aromatic N) is 1. The summed E-state index contributed by atoms with van der Waals surface area (Å²) in [6.07, 6.45) is 0.911. The highest BCUT2D eigenvalue weighted by Gasteiger charge is 2.19. The summed E-state index contributed by atoms with van der Waals surface area (Å²) in [6, 6.07) is 19.8. The second-order valence-corrected chi connectivity index (χ2v) is 8.06. The Morgan fingerprint density at radius 3 is 2.59 bits per heavy atom. The standard InChI is InChI=1S/C22H23FN2S2/c1-16-10-11-19(14-21(16)23)24-22(26)25(15-18-7-4-3-5-8-18)17(2)13-20-9-6-12-27-20/h3-12,14,17H,13,15H2,1-2H3,(H,24,26)/t17-/m1/s1. The zero-order valence-electron chi connectivity index (χ0n) is 15.5. The molecule has 5 heteroatoms. The van der Waals surface area contributed by atoms with E-state index in [0.29, 0.717) is 22.9 Å². The van der Waals surface area contributed by atoms with Crippen LogP contribution in [-0.4, -0.2) is 16.1 Å². The van der Waals surface area contributed by atoms with E-state index < -0.39 is 0 Å². The van der Waals surface area contributed by atoms with Crippen LogP contribution in [-0.2, 0) is 13.0 Å². The first kappa shape index (κ1) is 19.5. The van der Waals surface area contributed by atoms with E-state index in [0.717, 1.165) is 6.42 Å². The van der Waals surface area contributed by atoms with Crippen LogP contribution in [0.25, 0.3) is 0 Å². The van der Waals surface area contributed by atoms with Gasteiger partial charge in [-0.05, 0) is 60.8 Å². The lowest BCUT2D eigenvalue weighted by Gasteiger charge is -2.32. The molecule has 140 valence electrons. The molecule has 1 aromatic heterocycles. The second kappa shape index (κ2) is 9.11. The van der Waals surface area contributed by atoms with Crippen LogP contribution in [0.5, 0.6) is 0 Å². The van der Waals surface area contributed by atoms with Gasteiger partial charge in [-0.1, -0.05) is 42.5 Å². The van der Waals surface area contributed by atoms with Crippen molar-refractivity contribution in [2.75, 3.05) is 5.32 Å². The quantitative estimate of drug-likeness (QED) is 0.511. The van der Waals surface area contributed by atoms with E-state index in [4.69, 9.17) is 12.2 Å². The molecule has 0 bridgehead atoms. The summed E-state index contributed by atoms with van der Waals surface area (Å²) < 4.78 is 13.9. The van der Waals surface area contributed by atoms with Gasteiger partial charge in [-0.15, -0.1) is 11.3 Å². The molecular formula is C22H23FN2S2. The number of thiophene rings is 1. The predicted molar refractivity (Wildman–Crippen MR) is 117 cm³/mol. The highest BCUT2D eigenvalue weighted by molar-refractivity contribution is 7.80. The molecule has 1 atom stereocenters. The van der Waals surface area contributed by atoms with Gasteiger partial charge in [-0.25, -0.2) is 4.39 Å². The van der Waals surface area contributed by atoms with Gasteiger partial charge in [0.05, 0.1) is 0 Å². The minimum absolute atomic E-state index is 0.208. The van der Waals surface area contributed by atoms with E-state index in [9.17, 15) is 4.39 Å². The van der Waals surface area contributed by atoms with Gasteiger partial charge in [-0.2, -0.15) is 0 Å². The molecule has 1 heterocycles. The van der Waals surface area contributed by atoms with E-state index in [1.807, 2.05) is 24.3 Å². The molecule has 0 radical (unpaired) electrons. The summed E-state index contributed by atoms with van der Waals surface area (Å²) in [5.41, 5.74) is 2.48. The molecule has 3 rings (SSSR count). The van der Waals surface area contributed by atoms with Gasteiger partial charge in [0.2, 0.25) is 0 Å². The third-order valence-corrected chi connectivity index (χ3v) is 5.72. The van der Waals surface area contributed by atoms with Crippen molar-refractivity contribution in [3.05, 3.63) is 87.9 Å². The minimum atomic E-state index is -0.232. The van der Waals surface area contributed by atoms with Crippen LogP contribution in [0.2, 0.25) is 0 Å². The van der Waals surface area contributed by atoms with E-state index in [1.54, 1.807) is 24.3 Å². The van der Waals surface area contributed by atoms with E-state index >= 15 is 0 Å². The number of aryl methyl sites for hydroxylation is 1. The van der Waals surface area contributed by atoms with Crippen LogP contribution in [0.15, 0.2) is 66.0 Å². The van der Waals surface area contributed by atoms with Crippen molar-refractivity contribution in [1.82, 2.24) is 4.90 Å². The Morgan fingerprint density at radius 2 is 1.93 bits per heavy atom. The molecule has 27 heavy (non-hydrogen) atoms. The maximum atomic E-state index is 13.9. The molecular weight excluding hydrogens is 375 g/mol. The number of halogens is 1. The largest absolute Gasteiger partial charge is 0.342 e. The zero-order valence-corrected chi connectivity index (χ0v) is 17.1. The molecule has 0 aliphatic rings.